The van der Waals surface area contributed by atoms with Gasteiger partial charge in [-0.1, -0.05) is 0 Å². The van der Waals surface area contributed by atoms with Crippen LogP contribution in [0.1, 0.15) is 39.9 Å². The predicted molar refractivity (Wildman–Crippen MR) is 70.1 cm³/mol. The molecule has 0 unspecified atom stereocenters. The summed E-state index contributed by atoms with van der Waals surface area (Å²) in [4.78, 5) is 27.1. The van der Waals surface area contributed by atoms with E-state index in [-0.39, 0.29) is 17.2 Å². The third-order valence-electron chi connectivity index (χ3n) is 2.84. The molecule has 6 nitrogen and oxygen atoms in total. The first-order valence-corrected chi connectivity index (χ1v) is 6.88. The van der Waals surface area contributed by atoms with Crippen molar-refractivity contribution in [2.24, 2.45) is 0 Å². The summed E-state index contributed by atoms with van der Waals surface area (Å²) in [7, 11) is 0. The second kappa shape index (κ2) is 4.93. The van der Waals surface area contributed by atoms with Crippen LogP contribution in [0.25, 0.3) is 0 Å². The molecular formula is C12H12N4O2S. The van der Waals surface area contributed by atoms with Gasteiger partial charge in [0.2, 0.25) is 0 Å². The zero-order valence-corrected chi connectivity index (χ0v) is 10.9. The van der Waals surface area contributed by atoms with Crippen LogP contribution in [-0.4, -0.2) is 21.1 Å². The lowest BCUT2D eigenvalue weighted by Gasteiger charge is -2.01. The summed E-state index contributed by atoms with van der Waals surface area (Å²) < 4.78 is 0. The van der Waals surface area contributed by atoms with E-state index in [0.717, 1.165) is 10.7 Å². The molecule has 0 spiro atoms. The molecule has 2 aromatic heterocycles. The molecule has 1 fully saturated rings. The number of hydrogen-bond acceptors (Lipinski definition) is 5. The quantitative estimate of drug-likeness (QED) is 0.873. The maximum atomic E-state index is 11.8. The van der Waals surface area contributed by atoms with Crippen LogP contribution in [0.3, 0.4) is 0 Å². The highest BCUT2D eigenvalue weighted by atomic mass is 32.1. The fourth-order valence-electron chi connectivity index (χ4n) is 1.65. The van der Waals surface area contributed by atoms with Crippen LogP contribution in [0.4, 0.5) is 0 Å². The second-order valence-electron chi connectivity index (χ2n) is 4.44. The number of H-pyrrole nitrogens is 1. The van der Waals surface area contributed by atoms with Crippen molar-refractivity contribution in [3.8, 4) is 0 Å². The lowest BCUT2D eigenvalue weighted by molar-refractivity contribution is 0.0944. The molecule has 1 aliphatic rings. The molecule has 0 aliphatic heterocycles. The Labute approximate surface area is 112 Å². The first-order valence-electron chi connectivity index (χ1n) is 6.00. The molecule has 2 heterocycles. The van der Waals surface area contributed by atoms with Crippen LogP contribution in [0.2, 0.25) is 0 Å². The first kappa shape index (κ1) is 12.0. The van der Waals surface area contributed by atoms with Gasteiger partial charge >= 0.3 is 0 Å². The number of aromatic nitrogens is 3. The molecule has 3 rings (SSSR count). The Bertz CT molecular complexity index is 639. The summed E-state index contributed by atoms with van der Waals surface area (Å²) in [6, 6.07) is 2.67. The molecule has 0 atom stereocenters. The monoisotopic (exact) mass is 276 g/mol. The Hall–Kier alpha value is -2.02. The van der Waals surface area contributed by atoms with Gasteiger partial charge in [-0.2, -0.15) is 5.10 Å². The average molecular weight is 276 g/mol. The summed E-state index contributed by atoms with van der Waals surface area (Å²) >= 11 is 1.64. The van der Waals surface area contributed by atoms with E-state index in [4.69, 9.17) is 0 Å². The molecule has 19 heavy (non-hydrogen) atoms. The van der Waals surface area contributed by atoms with Crippen molar-refractivity contribution in [2.75, 3.05) is 0 Å². The molecule has 0 radical (unpaired) electrons. The van der Waals surface area contributed by atoms with E-state index in [0.29, 0.717) is 12.5 Å². The van der Waals surface area contributed by atoms with E-state index in [1.165, 1.54) is 25.0 Å². The van der Waals surface area contributed by atoms with Crippen molar-refractivity contribution in [1.82, 2.24) is 20.5 Å². The average Bonchev–Trinajstić information content (AvgIpc) is 3.16. The van der Waals surface area contributed by atoms with Gasteiger partial charge in [-0.05, 0) is 18.9 Å². The summed E-state index contributed by atoms with van der Waals surface area (Å²) in [5.74, 6) is 0.313. The Morgan fingerprint density at radius 1 is 1.47 bits per heavy atom. The SMILES string of the molecule is O=C(NCc1csc(C2CC2)n1)c1ccc(=O)[nH]n1. The van der Waals surface area contributed by atoms with Gasteiger partial charge in [-0.15, -0.1) is 11.3 Å². The van der Waals surface area contributed by atoms with Crippen LogP contribution >= 0.6 is 11.3 Å². The summed E-state index contributed by atoms with van der Waals surface area (Å²) in [6.45, 7) is 0.378. The van der Waals surface area contributed by atoms with Crippen LogP contribution < -0.4 is 10.9 Å². The number of thiazole rings is 1. The molecule has 0 aromatic carbocycles. The first-order chi connectivity index (χ1) is 9.22. The fraction of sp³-hybridized carbons (Fsp3) is 0.333. The Morgan fingerprint density at radius 3 is 3.00 bits per heavy atom. The number of nitrogens with zero attached hydrogens (tertiary/aromatic N) is 2. The molecule has 1 aliphatic carbocycles. The predicted octanol–water partition coefficient (Wildman–Crippen LogP) is 1.03. The maximum Gasteiger partial charge on any atom is 0.272 e. The summed E-state index contributed by atoms with van der Waals surface area (Å²) in [6.07, 6.45) is 2.45. The zero-order valence-electron chi connectivity index (χ0n) is 10.0. The van der Waals surface area contributed by atoms with Crippen LogP contribution in [0.15, 0.2) is 22.3 Å². The normalized spacial score (nSPS) is 14.3. The van der Waals surface area contributed by atoms with Crippen molar-refractivity contribution in [3.05, 3.63) is 44.3 Å². The van der Waals surface area contributed by atoms with E-state index in [1.807, 2.05) is 5.38 Å². The molecule has 2 aromatic rings. The molecule has 1 saturated carbocycles. The van der Waals surface area contributed by atoms with Crippen molar-refractivity contribution in [3.63, 3.8) is 0 Å². The lowest BCUT2D eigenvalue weighted by Crippen LogP contribution is -2.25. The summed E-state index contributed by atoms with van der Waals surface area (Å²) in [5, 5.41) is 11.7. The largest absolute Gasteiger partial charge is 0.345 e. The van der Waals surface area contributed by atoms with E-state index >= 15 is 0 Å². The number of nitrogens with one attached hydrogen (secondary N) is 2. The van der Waals surface area contributed by atoms with Gasteiger partial charge in [0.1, 0.15) is 5.69 Å². The van der Waals surface area contributed by atoms with E-state index < -0.39 is 0 Å². The minimum absolute atomic E-state index is 0.192. The van der Waals surface area contributed by atoms with Gasteiger partial charge in [0.25, 0.3) is 11.5 Å². The van der Waals surface area contributed by atoms with Crippen molar-refractivity contribution >= 4 is 17.2 Å². The fourth-order valence-corrected chi connectivity index (χ4v) is 2.64. The standard InChI is InChI=1S/C12H12N4O2S/c17-10-4-3-9(15-16-10)11(18)13-5-8-6-19-12(14-8)7-1-2-7/h3-4,6-7H,1-2,5H2,(H,13,18)(H,16,17). The topological polar surface area (TPSA) is 87.7 Å². The molecule has 98 valence electrons. The minimum Gasteiger partial charge on any atom is -0.345 e. The molecule has 0 saturated heterocycles. The summed E-state index contributed by atoms with van der Waals surface area (Å²) in [5.41, 5.74) is 0.729. The third-order valence-corrected chi connectivity index (χ3v) is 3.89. The minimum atomic E-state index is -0.329. The molecular weight excluding hydrogens is 264 g/mol. The molecule has 1 amide bonds. The van der Waals surface area contributed by atoms with Crippen LogP contribution in [0, 0.1) is 0 Å². The van der Waals surface area contributed by atoms with Crippen molar-refractivity contribution in [2.45, 2.75) is 25.3 Å². The van der Waals surface area contributed by atoms with E-state index in [1.54, 1.807) is 11.3 Å². The third kappa shape index (κ3) is 2.87. The molecule has 0 bridgehead atoms. The molecule has 2 N–H and O–H groups in total. The van der Waals surface area contributed by atoms with Gasteiger partial charge in [0, 0.05) is 17.4 Å². The number of aromatic amines is 1. The van der Waals surface area contributed by atoms with Gasteiger partial charge < -0.3 is 5.32 Å². The smallest absolute Gasteiger partial charge is 0.272 e. The Kier molecular flexibility index (Phi) is 3.12. The lowest BCUT2D eigenvalue weighted by atomic mass is 10.3. The maximum absolute atomic E-state index is 11.8. The van der Waals surface area contributed by atoms with Crippen molar-refractivity contribution in [1.29, 1.82) is 0 Å². The number of carbonyl (C=O) groups excluding carboxylic acids is 1. The van der Waals surface area contributed by atoms with Gasteiger partial charge in [0.15, 0.2) is 0 Å². The zero-order chi connectivity index (χ0) is 13.2. The Balaban J connectivity index is 1.60. The van der Waals surface area contributed by atoms with E-state index in [9.17, 15) is 9.59 Å². The van der Waals surface area contributed by atoms with Crippen LogP contribution in [0.5, 0.6) is 0 Å². The Morgan fingerprint density at radius 2 is 2.32 bits per heavy atom. The highest BCUT2D eigenvalue weighted by Gasteiger charge is 2.26. The van der Waals surface area contributed by atoms with Gasteiger partial charge in [0.05, 0.1) is 17.2 Å². The number of amides is 1. The molecule has 7 heteroatoms. The number of rotatable bonds is 4. The van der Waals surface area contributed by atoms with Crippen molar-refractivity contribution < 1.29 is 4.79 Å². The van der Waals surface area contributed by atoms with Gasteiger partial charge in [-0.25, -0.2) is 10.1 Å². The highest BCUT2D eigenvalue weighted by Crippen LogP contribution is 2.41. The number of carbonyl (C=O) groups is 1. The highest BCUT2D eigenvalue weighted by molar-refractivity contribution is 7.09. The number of hydrogen-bond donors (Lipinski definition) is 2. The van der Waals surface area contributed by atoms with Gasteiger partial charge in [-0.3, -0.25) is 9.59 Å². The van der Waals surface area contributed by atoms with Crippen LogP contribution in [-0.2, 0) is 6.54 Å². The second-order valence-corrected chi connectivity index (χ2v) is 5.33. The van der Waals surface area contributed by atoms with E-state index in [2.05, 4.69) is 20.5 Å².